The average Bonchev–Trinajstić information content (AvgIpc) is 2.61. The highest BCUT2D eigenvalue weighted by Crippen LogP contribution is 2.16. The van der Waals surface area contributed by atoms with Crippen LogP contribution in [0.4, 0.5) is 0 Å². The molecule has 2 aromatic rings. The Labute approximate surface area is 149 Å². The van der Waals surface area contributed by atoms with Gasteiger partial charge in [0.25, 0.3) is 11.8 Å². The van der Waals surface area contributed by atoms with Gasteiger partial charge in [-0.05, 0) is 38.0 Å². The normalized spacial score (nSPS) is 11.0. The molecule has 0 aromatic heterocycles. The number of benzene rings is 2. The van der Waals surface area contributed by atoms with E-state index < -0.39 is 0 Å². The van der Waals surface area contributed by atoms with Gasteiger partial charge in [-0.1, -0.05) is 49.4 Å². The van der Waals surface area contributed by atoms with Crippen LogP contribution in [0, 0.1) is 0 Å². The van der Waals surface area contributed by atoms with E-state index in [9.17, 15) is 9.59 Å². The van der Waals surface area contributed by atoms with Crippen molar-refractivity contribution in [2.24, 2.45) is 0 Å². The van der Waals surface area contributed by atoms with E-state index in [0.717, 1.165) is 12.0 Å². The van der Waals surface area contributed by atoms with Crippen LogP contribution in [0.15, 0.2) is 54.6 Å². The predicted molar refractivity (Wildman–Crippen MR) is 101 cm³/mol. The molecule has 2 amide bonds. The number of hydrogen-bond donors (Lipinski definition) is 1. The Kier molecular flexibility index (Phi) is 5.97. The molecule has 0 unspecified atom stereocenters. The minimum atomic E-state index is -0.316. The zero-order valence-electron chi connectivity index (χ0n) is 15.4. The summed E-state index contributed by atoms with van der Waals surface area (Å²) in [5.74, 6) is -0.382. The first kappa shape index (κ1) is 18.7. The molecule has 0 spiro atoms. The van der Waals surface area contributed by atoms with E-state index in [1.807, 2.05) is 51.1 Å². The summed E-state index contributed by atoms with van der Waals surface area (Å²) in [6.07, 6.45) is 0.808. The second-order valence-corrected chi connectivity index (χ2v) is 6.88. The Morgan fingerprint density at radius 1 is 0.960 bits per heavy atom. The molecule has 0 aliphatic carbocycles. The average molecular weight is 338 g/mol. The van der Waals surface area contributed by atoms with Crippen LogP contribution in [0.3, 0.4) is 0 Å². The van der Waals surface area contributed by atoms with Crippen LogP contribution in [0.1, 0.15) is 53.5 Å². The van der Waals surface area contributed by atoms with E-state index in [0.29, 0.717) is 17.7 Å². The van der Waals surface area contributed by atoms with Gasteiger partial charge in [0.05, 0.1) is 11.1 Å². The molecule has 132 valence electrons. The minimum absolute atomic E-state index is 0.163. The molecule has 0 bridgehead atoms. The molecule has 0 aliphatic heterocycles. The highest BCUT2D eigenvalue weighted by Gasteiger charge is 2.23. The van der Waals surface area contributed by atoms with Gasteiger partial charge in [-0.2, -0.15) is 0 Å². The van der Waals surface area contributed by atoms with E-state index in [4.69, 9.17) is 0 Å². The molecule has 0 heterocycles. The molecule has 1 N–H and O–H groups in total. The lowest BCUT2D eigenvalue weighted by Crippen LogP contribution is -2.43. The molecule has 0 saturated heterocycles. The van der Waals surface area contributed by atoms with Crippen molar-refractivity contribution in [3.63, 3.8) is 0 Å². The summed E-state index contributed by atoms with van der Waals surface area (Å²) < 4.78 is 0. The van der Waals surface area contributed by atoms with Crippen molar-refractivity contribution in [3.8, 4) is 0 Å². The molecular formula is C21H26N2O2. The number of amides is 2. The van der Waals surface area contributed by atoms with Crippen LogP contribution >= 0.6 is 0 Å². The second kappa shape index (κ2) is 7.97. The quantitative estimate of drug-likeness (QED) is 0.869. The third kappa shape index (κ3) is 4.92. The number of nitrogens with one attached hydrogen (secondary N) is 1. The monoisotopic (exact) mass is 338 g/mol. The van der Waals surface area contributed by atoms with Crippen LogP contribution in [-0.4, -0.2) is 29.3 Å². The minimum Gasteiger partial charge on any atom is -0.347 e. The highest BCUT2D eigenvalue weighted by molar-refractivity contribution is 6.07. The zero-order valence-corrected chi connectivity index (χ0v) is 15.4. The summed E-state index contributed by atoms with van der Waals surface area (Å²) in [4.78, 5) is 27.1. The third-order valence-electron chi connectivity index (χ3n) is 4.35. The summed E-state index contributed by atoms with van der Waals surface area (Å²) in [6.45, 7) is 6.45. The number of rotatable bonds is 6. The Morgan fingerprint density at radius 2 is 1.52 bits per heavy atom. The van der Waals surface area contributed by atoms with Crippen LogP contribution < -0.4 is 5.32 Å². The van der Waals surface area contributed by atoms with Crippen molar-refractivity contribution in [2.75, 3.05) is 7.05 Å². The first-order chi connectivity index (χ1) is 11.8. The number of nitrogens with zero attached hydrogens (tertiary/aromatic N) is 1. The van der Waals surface area contributed by atoms with Crippen molar-refractivity contribution in [1.82, 2.24) is 10.2 Å². The molecule has 0 radical (unpaired) electrons. The highest BCUT2D eigenvalue weighted by atomic mass is 16.2. The van der Waals surface area contributed by atoms with Crippen molar-refractivity contribution >= 4 is 11.8 Å². The molecule has 0 saturated carbocycles. The lowest BCUT2D eigenvalue weighted by Gasteiger charge is -2.25. The Hall–Kier alpha value is -2.62. The number of carbonyl (C=O) groups excluding carboxylic acids is 2. The Bertz CT molecular complexity index is 739. The van der Waals surface area contributed by atoms with Crippen molar-refractivity contribution < 1.29 is 9.59 Å². The molecule has 4 heteroatoms. The topological polar surface area (TPSA) is 49.4 Å². The van der Waals surface area contributed by atoms with Gasteiger partial charge in [-0.15, -0.1) is 0 Å². The Balaban J connectivity index is 2.21. The fourth-order valence-corrected chi connectivity index (χ4v) is 2.47. The fraction of sp³-hybridized carbons (Fsp3) is 0.333. The smallest absolute Gasteiger partial charge is 0.254 e. The van der Waals surface area contributed by atoms with Gasteiger partial charge in [0, 0.05) is 19.1 Å². The summed E-state index contributed by atoms with van der Waals surface area (Å²) in [7, 11) is 1.75. The summed E-state index contributed by atoms with van der Waals surface area (Å²) >= 11 is 0. The van der Waals surface area contributed by atoms with Gasteiger partial charge < -0.3 is 10.2 Å². The second-order valence-electron chi connectivity index (χ2n) is 6.88. The molecule has 4 nitrogen and oxygen atoms in total. The molecule has 0 fully saturated rings. The lowest BCUT2D eigenvalue weighted by atomic mass is 9.99. The van der Waals surface area contributed by atoms with Crippen LogP contribution in [0.5, 0.6) is 0 Å². The number of carbonyl (C=O) groups is 2. The maximum Gasteiger partial charge on any atom is 0.254 e. The van der Waals surface area contributed by atoms with Crippen molar-refractivity contribution in [3.05, 3.63) is 71.3 Å². The van der Waals surface area contributed by atoms with Crippen molar-refractivity contribution in [1.29, 1.82) is 0 Å². The summed E-state index contributed by atoms with van der Waals surface area (Å²) in [6, 6.07) is 16.8. The maximum absolute atomic E-state index is 12.9. The van der Waals surface area contributed by atoms with E-state index in [1.165, 1.54) is 0 Å². The molecule has 25 heavy (non-hydrogen) atoms. The number of hydrogen-bond acceptors (Lipinski definition) is 2. The fourth-order valence-electron chi connectivity index (χ4n) is 2.47. The molecule has 2 rings (SSSR count). The van der Waals surface area contributed by atoms with Gasteiger partial charge in [0.2, 0.25) is 0 Å². The molecule has 2 aromatic carbocycles. The van der Waals surface area contributed by atoms with Gasteiger partial charge in [-0.3, -0.25) is 9.59 Å². The van der Waals surface area contributed by atoms with Gasteiger partial charge in [-0.25, -0.2) is 0 Å². The van der Waals surface area contributed by atoms with E-state index in [-0.39, 0.29) is 17.4 Å². The van der Waals surface area contributed by atoms with Crippen LogP contribution in [0.2, 0.25) is 0 Å². The predicted octanol–water partition coefficient (Wildman–Crippen LogP) is 3.88. The van der Waals surface area contributed by atoms with Crippen LogP contribution in [-0.2, 0) is 6.54 Å². The standard InChI is InChI=1S/C21H26N2O2/c1-5-21(2,3)22-19(24)17-13-9-10-14-18(17)20(25)23(4)15-16-11-7-6-8-12-16/h6-14H,5,15H2,1-4H3,(H,22,24). The SMILES string of the molecule is CCC(C)(C)NC(=O)c1ccccc1C(=O)N(C)Cc1ccccc1. The van der Waals surface area contributed by atoms with Crippen molar-refractivity contribution in [2.45, 2.75) is 39.3 Å². The van der Waals surface area contributed by atoms with E-state index in [2.05, 4.69) is 5.32 Å². The first-order valence-corrected chi connectivity index (χ1v) is 8.55. The first-order valence-electron chi connectivity index (χ1n) is 8.55. The lowest BCUT2D eigenvalue weighted by molar-refractivity contribution is 0.0775. The van der Waals surface area contributed by atoms with E-state index in [1.54, 1.807) is 36.2 Å². The maximum atomic E-state index is 12.9. The third-order valence-corrected chi connectivity index (χ3v) is 4.35. The summed E-state index contributed by atoms with van der Waals surface area (Å²) in [5.41, 5.74) is 1.56. The molecule has 0 atom stereocenters. The van der Waals surface area contributed by atoms with Crippen LogP contribution in [0.25, 0.3) is 0 Å². The largest absolute Gasteiger partial charge is 0.347 e. The van der Waals surface area contributed by atoms with Gasteiger partial charge in [0.15, 0.2) is 0 Å². The summed E-state index contributed by atoms with van der Waals surface area (Å²) in [5, 5.41) is 3.00. The van der Waals surface area contributed by atoms with E-state index >= 15 is 0 Å². The van der Waals surface area contributed by atoms with Gasteiger partial charge >= 0.3 is 0 Å². The Morgan fingerprint density at radius 3 is 2.12 bits per heavy atom. The molecular weight excluding hydrogens is 312 g/mol. The zero-order chi connectivity index (χ0) is 18.4. The van der Waals surface area contributed by atoms with Gasteiger partial charge in [0.1, 0.15) is 0 Å². The molecule has 0 aliphatic rings.